The molecule has 0 aliphatic heterocycles. The molecule has 0 amide bonds. The SMILES string of the molecule is Fc1c(F)c(F)c(SC(=S)Cl)c(F)c1F. The van der Waals surface area contributed by atoms with E-state index in [2.05, 4.69) is 12.2 Å². The Morgan fingerprint density at radius 3 is 1.53 bits per heavy atom. The van der Waals surface area contributed by atoms with Gasteiger partial charge >= 0.3 is 0 Å². The van der Waals surface area contributed by atoms with Gasteiger partial charge in [-0.1, -0.05) is 35.6 Å². The maximum atomic E-state index is 12.9. The first-order chi connectivity index (χ1) is 6.86. The Morgan fingerprint density at radius 2 is 1.20 bits per heavy atom. The molecule has 0 atom stereocenters. The fourth-order valence-corrected chi connectivity index (χ4v) is 1.75. The smallest absolute Gasteiger partial charge is 0.200 e. The zero-order valence-electron chi connectivity index (χ0n) is 6.58. The Bertz CT molecular complexity index is 405. The maximum absolute atomic E-state index is 12.9. The van der Waals surface area contributed by atoms with Crippen LogP contribution in [-0.2, 0) is 0 Å². The molecule has 0 heterocycles. The highest BCUT2D eigenvalue weighted by Gasteiger charge is 2.26. The Hall–Kier alpha value is -0.400. The molecule has 0 radical (unpaired) electrons. The lowest BCUT2D eigenvalue weighted by molar-refractivity contribution is 0.361. The van der Waals surface area contributed by atoms with Crippen molar-refractivity contribution >= 4 is 39.2 Å². The quantitative estimate of drug-likeness (QED) is 0.190. The third-order valence-corrected chi connectivity index (χ3v) is 2.56. The largest absolute Gasteiger partial charge is 0.202 e. The molecule has 82 valence electrons. The van der Waals surface area contributed by atoms with Gasteiger partial charge in [0.15, 0.2) is 23.3 Å². The zero-order valence-corrected chi connectivity index (χ0v) is 8.97. The fraction of sp³-hybridized carbons (Fsp3) is 0. The molecule has 15 heavy (non-hydrogen) atoms. The Kier molecular flexibility index (Phi) is 3.91. The summed E-state index contributed by atoms with van der Waals surface area (Å²) in [6.45, 7) is 0. The van der Waals surface area contributed by atoms with Crippen LogP contribution in [0.2, 0.25) is 0 Å². The van der Waals surface area contributed by atoms with Gasteiger partial charge in [-0.05, 0) is 0 Å². The number of rotatable bonds is 1. The summed E-state index contributed by atoms with van der Waals surface area (Å²) in [5.41, 5.74) is 0. The minimum Gasteiger partial charge on any atom is -0.202 e. The van der Waals surface area contributed by atoms with Crippen LogP contribution in [0.1, 0.15) is 0 Å². The summed E-state index contributed by atoms with van der Waals surface area (Å²) < 4.78 is 63.0. The van der Waals surface area contributed by atoms with Gasteiger partial charge in [0, 0.05) is 0 Å². The molecule has 0 spiro atoms. The molecule has 0 saturated heterocycles. The van der Waals surface area contributed by atoms with Crippen molar-refractivity contribution in [3.05, 3.63) is 29.1 Å². The average molecular weight is 279 g/mol. The summed E-state index contributed by atoms with van der Waals surface area (Å²) in [6.07, 6.45) is 0. The van der Waals surface area contributed by atoms with Crippen LogP contribution < -0.4 is 0 Å². The standard InChI is InChI=1S/C7ClF5S2/c8-7(14)15-6-4(12)2(10)1(9)3(11)5(6)13. The molecular weight excluding hydrogens is 279 g/mol. The molecule has 0 bridgehead atoms. The van der Waals surface area contributed by atoms with E-state index in [1.54, 1.807) is 0 Å². The van der Waals surface area contributed by atoms with Gasteiger partial charge in [0.25, 0.3) is 0 Å². The van der Waals surface area contributed by atoms with Gasteiger partial charge < -0.3 is 0 Å². The highest BCUT2D eigenvalue weighted by atomic mass is 35.5. The number of hydrogen-bond donors (Lipinski definition) is 0. The van der Waals surface area contributed by atoms with Crippen LogP contribution in [0.5, 0.6) is 0 Å². The molecule has 0 saturated carbocycles. The van der Waals surface area contributed by atoms with Gasteiger partial charge in [-0.15, -0.1) is 0 Å². The first-order valence-electron chi connectivity index (χ1n) is 3.25. The van der Waals surface area contributed by atoms with E-state index in [9.17, 15) is 22.0 Å². The molecule has 8 heteroatoms. The summed E-state index contributed by atoms with van der Waals surface area (Å²) in [7, 11) is 0. The summed E-state index contributed by atoms with van der Waals surface area (Å²) >= 11 is 9.48. The van der Waals surface area contributed by atoms with Gasteiger partial charge in [0.1, 0.15) is 3.66 Å². The van der Waals surface area contributed by atoms with Crippen molar-refractivity contribution in [2.24, 2.45) is 0 Å². The molecule has 1 aromatic carbocycles. The van der Waals surface area contributed by atoms with E-state index in [-0.39, 0.29) is 11.8 Å². The van der Waals surface area contributed by atoms with E-state index < -0.39 is 37.6 Å². The van der Waals surface area contributed by atoms with E-state index in [1.807, 2.05) is 0 Å². The third-order valence-electron chi connectivity index (χ3n) is 1.35. The summed E-state index contributed by atoms with van der Waals surface area (Å²) in [4.78, 5) is -1.11. The van der Waals surface area contributed by atoms with Crippen molar-refractivity contribution in [2.75, 3.05) is 0 Å². The summed E-state index contributed by atoms with van der Waals surface area (Å²) in [6, 6.07) is 0. The minimum absolute atomic E-state index is 0.0890. The van der Waals surface area contributed by atoms with Crippen LogP contribution in [-0.4, -0.2) is 3.66 Å². The third kappa shape index (κ3) is 2.40. The van der Waals surface area contributed by atoms with Crippen LogP contribution in [0, 0.1) is 29.1 Å². The van der Waals surface area contributed by atoms with Crippen LogP contribution >= 0.6 is 35.6 Å². The van der Waals surface area contributed by atoms with Crippen LogP contribution in [0.15, 0.2) is 4.90 Å². The molecule has 0 aliphatic carbocycles. The van der Waals surface area contributed by atoms with E-state index in [1.165, 1.54) is 0 Å². The highest BCUT2D eigenvalue weighted by Crippen LogP contribution is 2.32. The van der Waals surface area contributed by atoms with E-state index >= 15 is 0 Å². The maximum Gasteiger partial charge on any atom is 0.200 e. The molecule has 1 aromatic rings. The van der Waals surface area contributed by atoms with Crippen LogP contribution in [0.3, 0.4) is 0 Å². The van der Waals surface area contributed by atoms with Crippen molar-refractivity contribution in [1.29, 1.82) is 0 Å². The van der Waals surface area contributed by atoms with Crippen molar-refractivity contribution in [1.82, 2.24) is 0 Å². The second-order valence-electron chi connectivity index (χ2n) is 2.24. The molecule has 1 rings (SSSR count). The predicted molar refractivity (Wildman–Crippen MR) is 50.5 cm³/mol. The van der Waals surface area contributed by atoms with Gasteiger partial charge in [0.05, 0.1) is 4.90 Å². The lowest BCUT2D eigenvalue weighted by atomic mass is 10.3. The summed E-state index contributed by atoms with van der Waals surface area (Å²) in [5, 5.41) is 0. The number of thiocarbonyl (C=S) groups is 1. The topological polar surface area (TPSA) is 0 Å². The van der Waals surface area contributed by atoms with Gasteiger partial charge in [-0.3, -0.25) is 0 Å². The second kappa shape index (κ2) is 4.63. The van der Waals surface area contributed by atoms with E-state index in [0.29, 0.717) is 0 Å². The van der Waals surface area contributed by atoms with Crippen molar-refractivity contribution < 1.29 is 22.0 Å². The molecule has 0 unspecified atom stereocenters. The molecule has 0 nitrogen and oxygen atoms in total. The van der Waals surface area contributed by atoms with E-state index in [0.717, 1.165) is 0 Å². The number of hydrogen-bond acceptors (Lipinski definition) is 2. The molecule has 0 aliphatic rings. The van der Waals surface area contributed by atoms with E-state index in [4.69, 9.17) is 11.6 Å². The normalized spacial score (nSPS) is 10.5. The second-order valence-corrected chi connectivity index (χ2v) is 4.75. The molecule has 0 N–H and O–H groups in total. The average Bonchev–Trinajstić information content (AvgIpc) is 2.18. The fourth-order valence-electron chi connectivity index (χ4n) is 0.755. The van der Waals surface area contributed by atoms with Gasteiger partial charge in [-0.2, -0.15) is 0 Å². The highest BCUT2D eigenvalue weighted by molar-refractivity contribution is 8.26. The van der Waals surface area contributed by atoms with Crippen molar-refractivity contribution in [3.63, 3.8) is 0 Å². The minimum atomic E-state index is -2.21. The zero-order chi connectivity index (χ0) is 11.7. The van der Waals surface area contributed by atoms with Crippen molar-refractivity contribution in [2.45, 2.75) is 4.90 Å². The molecule has 0 aromatic heterocycles. The summed E-state index contributed by atoms with van der Waals surface area (Å²) in [5.74, 6) is -10.2. The lowest BCUT2D eigenvalue weighted by Crippen LogP contribution is -2.03. The number of halogens is 6. The molecule has 0 fully saturated rings. The monoisotopic (exact) mass is 278 g/mol. The Balaban J connectivity index is 3.45. The van der Waals surface area contributed by atoms with Crippen LogP contribution in [0.4, 0.5) is 22.0 Å². The lowest BCUT2D eigenvalue weighted by Gasteiger charge is -2.05. The first-order valence-corrected chi connectivity index (χ1v) is 4.85. The van der Waals surface area contributed by atoms with Crippen LogP contribution in [0.25, 0.3) is 0 Å². The Labute approximate surface area is 95.4 Å². The predicted octanol–water partition coefficient (Wildman–Crippen LogP) is 4.00. The number of thioether (sulfide) groups is 1. The number of benzene rings is 1. The first kappa shape index (κ1) is 12.7. The van der Waals surface area contributed by atoms with Crippen molar-refractivity contribution in [3.8, 4) is 0 Å². The molecular formula is C7ClF5S2. The van der Waals surface area contributed by atoms with Gasteiger partial charge in [0.2, 0.25) is 5.82 Å². The van der Waals surface area contributed by atoms with Gasteiger partial charge in [-0.25, -0.2) is 22.0 Å². The Morgan fingerprint density at radius 1 is 0.867 bits per heavy atom.